The molecule has 0 unspecified atom stereocenters. The summed E-state index contributed by atoms with van der Waals surface area (Å²) in [4.78, 5) is 29.5. The quantitative estimate of drug-likeness (QED) is 0.361. The summed E-state index contributed by atoms with van der Waals surface area (Å²) in [5.41, 5.74) is 2.61. The molecular weight excluding hydrogens is 449 g/mol. The molecule has 0 atom stereocenters. The number of amides is 2. The first-order valence-electron chi connectivity index (χ1n) is 10.8. The molecular formula is C26H20FN5O3. The predicted molar refractivity (Wildman–Crippen MR) is 129 cm³/mol. The van der Waals surface area contributed by atoms with Gasteiger partial charge in [-0.1, -0.05) is 30.3 Å². The summed E-state index contributed by atoms with van der Waals surface area (Å²) in [5, 5.41) is 10.2. The van der Waals surface area contributed by atoms with Gasteiger partial charge in [0.15, 0.2) is 5.65 Å². The van der Waals surface area contributed by atoms with Gasteiger partial charge in [-0.25, -0.2) is 14.1 Å². The highest BCUT2D eigenvalue weighted by Gasteiger charge is 2.19. The third-order valence-electron chi connectivity index (χ3n) is 5.34. The maximum Gasteiger partial charge on any atom is 0.256 e. The highest BCUT2D eigenvalue weighted by Crippen LogP contribution is 2.27. The molecule has 8 nitrogen and oxygen atoms in total. The Morgan fingerprint density at radius 3 is 2.60 bits per heavy atom. The molecule has 2 N–H and O–H groups in total. The van der Waals surface area contributed by atoms with Gasteiger partial charge in [-0.05, 0) is 36.4 Å². The van der Waals surface area contributed by atoms with E-state index in [4.69, 9.17) is 9.40 Å². The van der Waals surface area contributed by atoms with Gasteiger partial charge in [0, 0.05) is 18.2 Å². The molecule has 3 heterocycles. The second-order valence-corrected chi connectivity index (χ2v) is 7.87. The summed E-state index contributed by atoms with van der Waals surface area (Å²) in [7, 11) is 0. The van der Waals surface area contributed by atoms with Gasteiger partial charge in [-0.15, -0.1) is 0 Å². The van der Waals surface area contributed by atoms with Gasteiger partial charge in [-0.3, -0.25) is 9.59 Å². The maximum absolute atomic E-state index is 14.0. The van der Waals surface area contributed by atoms with Gasteiger partial charge >= 0.3 is 0 Å². The van der Waals surface area contributed by atoms with Crippen molar-refractivity contribution in [2.45, 2.75) is 13.5 Å². The van der Waals surface area contributed by atoms with E-state index in [2.05, 4.69) is 15.7 Å². The number of carbonyl (C=O) groups excluding carboxylic acids is 2. The average Bonchev–Trinajstić information content (AvgIpc) is 3.51. The lowest BCUT2D eigenvalue weighted by atomic mass is 10.1. The third-order valence-corrected chi connectivity index (χ3v) is 5.34. The van der Waals surface area contributed by atoms with E-state index in [1.807, 2.05) is 36.4 Å². The van der Waals surface area contributed by atoms with Crippen LogP contribution in [0.15, 0.2) is 83.6 Å². The van der Waals surface area contributed by atoms with Crippen LogP contribution >= 0.6 is 0 Å². The number of nitrogens with one attached hydrogen (secondary N) is 2. The van der Waals surface area contributed by atoms with Crippen molar-refractivity contribution in [1.29, 1.82) is 0 Å². The summed E-state index contributed by atoms with van der Waals surface area (Å²) in [6.07, 6.45) is 3.17. The Balaban J connectivity index is 1.56. The minimum Gasteiger partial charge on any atom is -0.467 e. The Hall–Kier alpha value is -4.79. The second kappa shape index (κ2) is 9.22. The summed E-state index contributed by atoms with van der Waals surface area (Å²) < 4.78 is 21.2. The van der Waals surface area contributed by atoms with E-state index in [9.17, 15) is 14.0 Å². The Kier molecular flexibility index (Phi) is 5.80. The third kappa shape index (κ3) is 4.65. The molecule has 5 rings (SSSR count). The fraction of sp³-hybridized carbons (Fsp3) is 0.0769. The largest absolute Gasteiger partial charge is 0.467 e. The molecule has 35 heavy (non-hydrogen) atoms. The number of anilines is 2. The number of fused-ring (bicyclic) bond motifs is 1. The first kappa shape index (κ1) is 22.0. The van der Waals surface area contributed by atoms with Crippen LogP contribution in [0.25, 0.3) is 22.3 Å². The lowest BCUT2D eigenvalue weighted by Gasteiger charge is -2.11. The zero-order valence-corrected chi connectivity index (χ0v) is 18.7. The number of benzene rings is 2. The molecule has 0 spiro atoms. The summed E-state index contributed by atoms with van der Waals surface area (Å²) in [6, 6.07) is 18.8. The number of carbonyl (C=O) groups is 2. The van der Waals surface area contributed by atoms with E-state index in [-0.39, 0.29) is 5.69 Å². The van der Waals surface area contributed by atoms with Gasteiger partial charge in [0.25, 0.3) is 5.91 Å². The number of hydrogen-bond donors (Lipinski definition) is 2. The Morgan fingerprint density at radius 2 is 1.86 bits per heavy atom. The molecule has 0 radical (unpaired) electrons. The van der Waals surface area contributed by atoms with E-state index in [0.29, 0.717) is 40.3 Å². The van der Waals surface area contributed by atoms with Gasteiger partial charge in [-0.2, -0.15) is 5.10 Å². The fourth-order valence-corrected chi connectivity index (χ4v) is 3.75. The minimum absolute atomic E-state index is 0.0218. The first-order valence-corrected chi connectivity index (χ1v) is 10.8. The number of rotatable bonds is 6. The summed E-state index contributed by atoms with van der Waals surface area (Å²) in [5.74, 6) is -0.744. The molecule has 0 aliphatic carbocycles. The number of aromatic nitrogens is 3. The molecule has 0 aliphatic heterocycles. The second-order valence-electron chi connectivity index (χ2n) is 7.87. The van der Waals surface area contributed by atoms with Crippen LogP contribution in [0.4, 0.5) is 15.8 Å². The lowest BCUT2D eigenvalue weighted by Crippen LogP contribution is -2.14. The van der Waals surface area contributed by atoms with Gasteiger partial charge in [0.2, 0.25) is 5.91 Å². The smallest absolute Gasteiger partial charge is 0.256 e. The molecule has 5 aromatic rings. The van der Waals surface area contributed by atoms with E-state index >= 15 is 0 Å². The van der Waals surface area contributed by atoms with Crippen LogP contribution in [0.3, 0.4) is 0 Å². The van der Waals surface area contributed by atoms with Crippen molar-refractivity contribution < 1.29 is 18.4 Å². The topological polar surface area (TPSA) is 102 Å². The van der Waals surface area contributed by atoms with Crippen LogP contribution < -0.4 is 10.6 Å². The normalized spacial score (nSPS) is 10.9. The van der Waals surface area contributed by atoms with Crippen LogP contribution in [-0.4, -0.2) is 26.6 Å². The van der Waals surface area contributed by atoms with Crippen molar-refractivity contribution in [1.82, 2.24) is 14.8 Å². The van der Waals surface area contributed by atoms with Gasteiger partial charge in [0.1, 0.15) is 18.1 Å². The van der Waals surface area contributed by atoms with Gasteiger partial charge < -0.3 is 15.1 Å². The first-order chi connectivity index (χ1) is 17.0. The number of halogens is 1. The molecule has 0 fully saturated rings. The molecule has 0 aliphatic rings. The van der Waals surface area contributed by atoms with Crippen molar-refractivity contribution in [3.63, 3.8) is 0 Å². The zero-order valence-electron chi connectivity index (χ0n) is 18.7. The lowest BCUT2D eigenvalue weighted by molar-refractivity contribution is -0.114. The predicted octanol–water partition coefficient (Wildman–Crippen LogP) is 5.09. The molecule has 2 amide bonds. The van der Waals surface area contributed by atoms with Crippen molar-refractivity contribution >= 4 is 34.2 Å². The molecule has 3 aromatic heterocycles. The van der Waals surface area contributed by atoms with E-state index in [1.54, 1.807) is 29.3 Å². The molecule has 0 saturated carbocycles. The van der Waals surface area contributed by atoms with Crippen LogP contribution in [-0.2, 0) is 11.3 Å². The molecule has 9 heteroatoms. The van der Waals surface area contributed by atoms with Crippen molar-refractivity contribution in [2.24, 2.45) is 0 Å². The molecule has 174 valence electrons. The number of hydrogen-bond acceptors (Lipinski definition) is 5. The van der Waals surface area contributed by atoms with Crippen LogP contribution in [0.2, 0.25) is 0 Å². The SMILES string of the molecule is CC(=O)Nc1cc(NC(=O)c2cc(-c3ccccc3)nc3c2cnn3Cc2ccco2)ccc1F. The number of furan rings is 1. The standard InChI is InChI=1S/C26H20FN5O3/c1-16(33)29-24-12-18(9-10-22(24)27)30-26(34)20-13-23(17-6-3-2-4-7-17)31-25-21(20)14-28-32(25)15-19-8-5-11-35-19/h2-14H,15H2,1H3,(H,29,33)(H,30,34). The van der Waals surface area contributed by atoms with E-state index in [1.165, 1.54) is 25.1 Å². The van der Waals surface area contributed by atoms with Crippen molar-refractivity contribution in [3.8, 4) is 11.3 Å². The van der Waals surface area contributed by atoms with Crippen molar-refractivity contribution in [3.05, 3.63) is 96.3 Å². The van der Waals surface area contributed by atoms with Crippen molar-refractivity contribution in [2.75, 3.05) is 10.6 Å². The average molecular weight is 469 g/mol. The number of nitrogens with zero attached hydrogens (tertiary/aromatic N) is 3. The molecule has 2 aromatic carbocycles. The Bertz CT molecular complexity index is 1530. The highest BCUT2D eigenvalue weighted by molar-refractivity contribution is 6.12. The Morgan fingerprint density at radius 1 is 1.03 bits per heavy atom. The number of pyridine rings is 1. The van der Waals surface area contributed by atoms with E-state index in [0.717, 1.165) is 5.56 Å². The fourth-order valence-electron chi connectivity index (χ4n) is 3.75. The van der Waals surface area contributed by atoms with Crippen LogP contribution in [0.1, 0.15) is 23.0 Å². The Labute approximate surface area is 199 Å². The zero-order chi connectivity index (χ0) is 24.4. The highest BCUT2D eigenvalue weighted by atomic mass is 19.1. The van der Waals surface area contributed by atoms with Crippen LogP contribution in [0, 0.1) is 5.82 Å². The van der Waals surface area contributed by atoms with E-state index < -0.39 is 17.6 Å². The maximum atomic E-state index is 14.0. The summed E-state index contributed by atoms with van der Waals surface area (Å²) >= 11 is 0. The monoisotopic (exact) mass is 469 g/mol. The van der Waals surface area contributed by atoms with Gasteiger partial charge in [0.05, 0.1) is 34.8 Å². The molecule has 0 saturated heterocycles. The van der Waals surface area contributed by atoms with Crippen LogP contribution in [0.5, 0.6) is 0 Å². The molecule has 0 bridgehead atoms. The summed E-state index contributed by atoms with van der Waals surface area (Å²) in [6.45, 7) is 1.63. The minimum atomic E-state index is -0.602.